The van der Waals surface area contributed by atoms with Crippen LogP contribution < -0.4 is 10.6 Å². The van der Waals surface area contributed by atoms with Crippen LogP contribution in [0.15, 0.2) is 48.5 Å². The van der Waals surface area contributed by atoms with Crippen molar-refractivity contribution in [3.8, 4) is 11.4 Å². The Bertz CT molecular complexity index is 1310. The van der Waals surface area contributed by atoms with E-state index in [0.29, 0.717) is 33.4 Å². The summed E-state index contributed by atoms with van der Waals surface area (Å²) in [6.07, 6.45) is 0. The van der Waals surface area contributed by atoms with Crippen molar-refractivity contribution < 1.29 is 9.59 Å². The molecule has 0 saturated carbocycles. The molecule has 0 radical (unpaired) electrons. The number of rotatable bonds is 4. The molecule has 8 nitrogen and oxygen atoms in total. The smallest absolute Gasteiger partial charge is 0.255 e. The lowest BCUT2D eigenvalue weighted by molar-refractivity contribution is -0.114. The Hall–Kier alpha value is -3.65. The number of aromatic amines is 1. The number of carbonyl (C=O) groups is 2. The summed E-state index contributed by atoms with van der Waals surface area (Å²) in [6.45, 7) is 7.56. The number of H-pyrrole nitrogens is 1. The topological polar surface area (TPSA) is 104 Å². The molecule has 0 aliphatic heterocycles. The number of nitrogens with one attached hydrogen (secondary N) is 3. The van der Waals surface area contributed by atoms with Crippen LogP contribution >= 0.6 is 11.6 Å². The predicted molar refractivity (Wildman–Crippen MR) is 125 cm³/mol. The van der Waals surface area contributed by atoms with Crippen molar-refractivity contribution in [2.75, 3.05) is 10.6 Å². The van der Waals surface area contributed by atoms with Crippen LogP contribution in [0.2, 0.25) is 5.02 Å². The minimum absolute atomic E-state index is 0.166. The van der Waals surface area contributed by atoms with E-state index in [-0.39, 0.29) is 17.2 Å². The molecule has 0 fully saturated rings. The lowest BCUT2D eigenvalue weighted by atomic mass is 9.92. The zero-order valence-corrected chi connectivity index (χ0v) is 18.9. The van der Waals surface area contributed by atoms with Gasteiger partial charge in [0.2, 0.25) is 5.91 Å². The molecule has 0 unspecified atom stereocenters. The van der Waals surface area contributed by atoms with Gasteiger partial charge in [-0.2, -0.15) is 5.10 Å². The van der Waals surface area contributed by atoms with Crippen LogP contribution in [-0.2, 0) is 10.2 Å². The Kier molecular flexibility index (Phi) is 5.48. The maximum atomic E-state index is 12.6. The van der Waals surface area contributed by atoms with E-state index in [1.807, 2.05) is 39.0 Å². The fraction of sp³-hybridized carbons (Fsp3) is 0.217. The molecule has 164 valence electrons. The first kappa shape index (κ1) is 21.6. The van der Waals surface area contributed by atoms with E-state index in [2.05, 4.69) is 25.8 Å². The lowest BCUT2D eigenvalue weighted by Crippen LogP contribution is -2.13. The van der Waals surface area contributed by atoms with E-state index < -0.39 is 0 Å². The number of carbonyl (C=O) groups excluding carboxylic acids is 2. The second-order valence-electron chi connectivity index (χ2n) is 8.52. The number of benzene rings is 2. The first-order valence-corrected chi connectivity index (χ1v) is 10.4. The van der Waals surface area contributed by atoms with E-state index in [1.54, 1.807) is 30.3 Å². The summed E-state index contributed by atoms with van der Waals surface area (Å²) in [4.78, 5) is 27.0. The number of amides is 2. The molecule has 2 amide bonds. The van der Waals surface area contributed by atoms with Crippen molar-refractivity contribution in [3.05, 3.63) is 64.8 Å². The predicted octanol–water partition coefficient (Wildman–Crippen LogP) is 4.89. The van der Waals surface area contributed by atoms with Gasteiger partial charge in [-0.15, -0.1) is 9.73 Å². The highest BCUT2D eigenvalue weighted by atomic mass is 35.5. The summed E-state index contributed by atoms with van der Waals surface area (Å²) in [7, 11) is 0. The van der Waals surface area contributed by atoms with E-state index >= 15 is 0 Å². The van der Waals surface area contributed by atoms with Crippen molar-refractivity contribution in [3.63, 3.8) is 0 Å². The van der Waals surface area contributed by atoms with Crippen molar-refractivity contribution in [2.24, 2.45) is 0 Å². The standard InChI is InChI=1S/C23H23ClN6O2/c1-13(31)25-16-10-8-14(9-11-16)22(32)26-17-7-5-6-15(12-17)20-27-21-18(24)19(23(2,3)4)28-30(21)29-20/h5-12H,1-4H3,(H,25,31)(H,26,32)(H,27,29). The molecule has 2 heterocycles. The Balaban J connectivity index is 1.55. The Labute approximate surface area is 190 Å². The fourth-order valence-corrected chi connectivity index (χ4v) is 3.71. The molecule has 0 aliphatic carbocycles. The molecular weight excluding hydrogens is 428 g/mol. The minimum Gasteiger partial charge on any atom is -0.326 e. The summed E-state index contributed by atoms with van der Waals surface area (Å²) < 4.78 is 1.50. The van der Waals surface area contributed by atoms with Crippen LogP contribution in [0.3, 0.4) is 0 Å². The van der Waals surface area contributed by atoms with Gasteiger partial charge >= 0.3 is 0 Å². The number of hydrogen-bond donors (Lipinski definition) is 3. The minimum atomic E-state index is -0.261. The van der Waals surface area contributed by atoms with Crippen molar-refractivity contribution in [1.29, 1.82) is 0 Å². The molecule has 9 heteroatoms. The molecule has 0 saturated heterocycles. The van der Waals surface area contributed by atoms with Gasteiger partial charge in [-0.1, -0.05) is 44.5 Å². The third kappa shape index (κ3) is 4.36. The molecular formula is C23H23ClN6O2. The van der Waals surface area contributed by atoms with E-state index in [4.69, 9.17) is 11.6 Å². The van der Waals surface area contributed by atoms with Crippen LogP contribution in [0, 0.1) is 0 Å². The molecule has 0 bridgehead atoms. The van der Waals surface area contributed by atoms with Crippen LogP contribution in [0.25, 0.3) is 17.0 Å². The van der Waals surface area contributed by atoms with Crippen LogP contribution in [0.5, 0.6) is 0 Å². The van der Waals surface area contributed by atoms with Gasteiger partial charge in [-0.25, -0.2) is 0 Å². The van der Waals surface area contributed by atoms with Gasteiger partial charge in [-0.3, -0.25) is 9.59 Å². The van der Waals surface area contributed by atoms with Gasteiger partial charge < -0.3 is 15.6 Å². The van der Waals surface area contributed by atoms with Crippen molar-refractivity contribution in [1.82, 2.24) is 19.8 Å². The number of halogens is 1. The molecule has 2 aromatic carbocycles. The zero-order chi connectivity index (χ0) is 23.0. The lowest BCUT2D eigenvalue weighted by Gasteiger charge is -2.14. The van der Waals surface area contributed by atoms with Crippen LogP contribution in [0.4, 0.5) is 11.4 Å². The molecule has 32 heavy (non-hydrogen) atoms. The van der Waals surface area contributed by atoms with E-state index in [9.17, 15) is 9.59 Å². The summed E-state index contributed by atoms with van der Waals surface area (Å²) in [6, 6.07) is 14.0. The Morgan fingerprint density at radius 1 is 1.00 bits per heavy atom. The molecule has 0 aliphatic rings. The first-order valence-electron chi connectivity index (χ1n) is 10.1. The van der Waals surface area contributed by atoms with Crippen LogP contribution in [-0.4, -0.2) is 31.6 Å². The number of anilines is 2. The largest absolute Gasteiger partial charge is 0.326 e. The van der Waals surface area contributed by atoms with Crippen molar-refractivity contribution in [2.45, 2.75) is 33.1 Å². The van der Waals surface area contributed by atoms with Gasteiger partial charge in [0.1, 0.15) is 5.02 Å². The normalized spacial score (nSPS) is 11.5. The molecule has 2 aromatic heterocycles. The number of hydrogen-bond acceptors (Lipinski definition) is 4. The van der Waals surface area contributed by atoms with E-state index in [0.717, 1.165) is 11.3 Å². The summed E-state index contributed by atoms with van der Waals surface area (Å²) in [5.74, 6) is 0.162. The molecule has 4 aromatic rings. The maximum Gasteiger partial charge on any atom is 0.255 e. The Morgan fingerprint density at radius 3 is 2.34 bits per heavy atom. The highest BCUT2D eigenvalue weighted by molar-refractivity contribution is 6.34. The van der Waals surface area contributed by atoms with Gasteiger partial charge in [0.15, 0.2) is 11.5 Å². The molecule has 0 spiro atoms. The summed E-state index contributed by atoms with van der Waals surface area (Å²) in [5, 5.41) is 15.1. The molecule has 3 N–H and O–H groups in total. The van der Waals surface area contributed by atoms with E-state index in [1.165, 1.54) is 11.6 Å². The quantitative estimate of drug-likeness (QED) is 0.412. The van der Waals surface area contributed by atoms with Crippen molar-refractivity contribution >= 4 is 40.4 Å². The average molecular weight is 451 g/mol. The average Bonchev–Trinajstić information content (AvgIpc) is 3.28. The number of aromatic nitrogens is 4. The summed E-state index contributed by atoms with van der Waals surface area (Å²) in [5.41, 5.74) is 3.71. The second-order valence-corrected chi connectivity index (χ2v) is 8.90. The zero-order valence-electron chi connectivity index (χ0n) is 18.2. The number of nitrogens with zero attached hydrogens (tertiary/aromatic N) is 3. The highest BCUT2D eigenvalue weighted by Gasteiger charge is 2.25. The van der Waals surface area contributed by atoms with Gasteiger partial charge in [0.05, 0.1) is 5.69 Å². The summed E-state index contributed by atoms with van der Waals surface area (Å²) >= 11 is 6.51. The Morgan fingerprint density at radius 2 is 1.72 bits per heavy atom. The second kappa shape index (κ2) is 8.12. The maximum absolute atomic E-state index is 12.6. The SMILES string of the molecule is CC(=O)Nc1ccc(C(=O)Nc2cccc(-c3nn4nc(C(C)(C)C)c(Cl)c4[nH]3)c2)cc1. The highest BCUT2D eigenvalue weighted by Crippen LogP contribution is 2.32. The number of fused-ring (bicyclic) bond motifs is 1. The third-order valence-electron chi connectivity index (χ3n) is 4.81. The third-order valence-corrected chi connectivity index (χ3v) is 5.17. The van der Waals surface area contributed by atoms with Gasteiger partial charge in [0, 0.05) is 34.8 Å². The van der Waals surface area contributed by atoms with Crippen LogP contribution in [0.1, 0.15) is 43.7 Å². The molecule has 0 atom stereocenters. The monoisotopic (exact) mass is 450 g/mol. The fourth-order valence-electron chi connectivity index (χ4n) is 3.26. The molecule has 4 rings (SSSR count). The van der Waals surface area contributed by atoms with Gasteiger partial charge in [-0.05, 0) is 36.4 Å². The first-order chi connectivity index (χ1) is 15.1. The van der Waals surface area contributed by atoms with Gasteiger partial charge in [0.25, 0.3) is 5.91 Å².